The van der Waals surface area contributed by atoms with Crippen molar-refractivity contribution in [3.05, 3.63) is 27.6 Å². The van der Waals surface area contributed by atoms with Crippen molar-refractivity contribution >= 4 is 44.1 Å². The summed E-state index contributed by atoms with van der Waals surface area (Å²) >= 11 is 0.564. The predicted octanol–water partition coefficient (Wildman–Crippen LogP) is 1.86. The summed E-state index contributed by atoms with van der Waals surface area (Å²) in [6.07, 6.45) is -2.87. The molecule has 0 unspecified atom stereocenters. The summed E-state index contributed by atoms with van der Waals surface area (Å²) in [5.41, 5.74) is -0.250. The van der Waals surface area contributed by atoms with Gasteiger partial charge in [0.2, 0.25) is 15.2 Å². The number of aromatic nitrogens is 4. The highest BCUT2D eigenvalue weighted by Gasteiger charge is 2.39. The minimum atomic E-state index is -4.10. The first-order chi connectivity index (χ1) is 19.3. The second-order valence-corrected chi connectivity index (χ2v) is 13.4. The summed E-state index contributed by atoms with van der Waals surface area (Å²) < 4.78 is 64.5. The van der Waals surface area contributed by atoms with Crippen molar-refractivity contribution in [1.29, 1.82) is 0 Å². The van der Waals surface area contributed by atoms with Crippen LogP contribution in [0.25, 0.3) is 16.2 Å². The number of imidazole rings is 1. The number of fused-ring (bicyclic) bond motifs is 1. The molecule has 0 saturated carbocycles. The van der Waals surface area contributed by atoms with Gasteiger partial charge in [0, 0.05) is 46.3 Å². The molecule has 2 aromatic heterocycles. The molecule has 2 aliphatic heterocycles. The van der Waals surface area contributed by atoms with Crippen molar-refractivity contribution in [3.63, 3.8) is 0 Å². The lowest BCUT2D eigenvalue weighted by Crippen LogP contribution is -2.59. The maximum absolute atomic E-state index is 13.7. The van der Waals surface area contributed by atoms with Crippen LogP contribution in [0.1, 0.15) is 32.2 Å². The fourth-order valence-electron chi connectivity index (χ4n) is 5.19. The Hall–Kier alpha value is -3.15. The number of hydrogen-bond donors (Lipinski definition) is 1. The Balaban J connectivity index is 1.70. The van der Waals surface area contributed by atoms with Crippen LogP contribution in [-0.4, -0.2) is 102 Å². The van der Waals surface area contributed by atoms with Crippen LogP contribution in [-0.2, 0) is 21.3 Å². The van der Waals surface area contributed by atoms with Crippen molar-refractivity contribution in [3.8, 4) is 5.13 Å². The summed E-state index contributed by atoms with van der Waals surface area (Å²) in [5.74, 6) is 0. The minimum absolute atomic E-state index is 0.0925. The Morgan fingerprint density at radius 2 is 1.98 bits per heavy atom. The number of halogens is 2. The zero-order valence-corrected chi connectivity index (χ0v) is 24.9. The normalized spacial score (nSPS) is 19.2. The molecule has 0 radical (unpaired) electrons. The number of nitrogens with one attached hydrogen (secondary N) is 1. The summed E-state index contributed by atoms with van der Waals surface area (Å²) in [5, 5.41) is 6.72. The number of urea groups is 1. The van der Waals surface area contributed by atoms with Crippen LogP contribution in [0.2, 0.25) is 0 Å². The lowest BCUT2D eigenvalue weighted by Gasteiger charge is -2.42. The number of benzene rings is 1. The zero-order chi connectivity index (χ0) is 29.9. The number of rotatable bonds is 7. The molecule has 0 aliphatic carbocycles. The fourth-order valence-corrected chi connectivity index (χ4v) is 7.32. The van der Waals surface area contributed by atoms with Crippen molar-refractivity contribution in [2.75, 3.05) is 51.8 Å². The lowest BCUT2D eigenvalue weighted by atomic mass is 10.0. The molecule has 3 aromatic rings. The van der Waals surface area contributed by atoms with E-state index in [1.807, 2.05) is 11.8 Å². The standard InChI is InChI=1S/C24H32F2N8O5S2/c1-6-32-18-16(31-7-8-33(14(2)11-31)22(35)30(4)5)9-15(41(37,38)29-24(3)12-39-13-24)10-17(18)34(23(32)36)21-28-27-20(40-21)19(25)26/h9-10,14,19,29H,6-8,11-13H2,1-5H3/t14-/m1/s1. The number of carbonyl (C=O) groups is 1. The zero-order valence-electron chi connectivity index (χ0n) is 23.3. The summed E-state index contributed by atoms with van der Waals surface area (Å²) in [6, 6.07) is 2.51. The Morgan fingerprint density at radius 3 is 2.51 bits per heavy atom. The van der Waals surface area contributed by atoms with E-state index in [2.05, 4.69) is 14.9 Å². The Bertz CT molecular complexity index is 1650. The van der Waals surface area contributed by atoms with Gasteiger partial charge in [-0.25, -0.2) is 36.1 Å². The maximum atomic E-state index is 13.7. The van der Waals surface area contributed by atoms with Gasteiger partial charge >= 0.3 is 11.7 Å². The third-order valence-corrected chi connectivity index (χ3v) is 9.76. The number of ether oxygens (including phenoxy) is 1. The first-order valence-corrected chi connectivity index (χ1v) is 15.3. The SMILES string of the molecule is CCn1c(=O)n(-c2nnc(C(F)F)s2)c2cc(S(=O)(=O)NC3(C)COC3)cc(N3CCN(C(=O)N(C)C)[C@H](C)C3)c21. The van der Waals surface area contributed by atoms with Crippen LogP contribution in [0.5, 0.6) is 0 Å². The van der Waals surface area contributed by atoms with Crippen molar-refractivity contribution in [2.45, 2.75) is 50.2 Å². The van der Waals surface area contributed by atoms with E-state index in [1.165, 1.54) is 21.6 Å². The van der Waals surface area contributed by atoms with Gasteiger partial charge in [-0.3, -0.25) is 4.57 Å². The lowest BCUT2D eigenvalue weighted by molar-refractivity contribution is -0.0523. The highest BCUT2D eigenvalue weighted by Crippen LogP contribution is 2.35. The molecule has 1 N–H and O–H groups in total. The van der Waals surface area contributed by atoms with Crippen LogP contribution in [0.15, 0.2) is 21.8 Å². The number of anilines is 1. The predicted molar refractivity (Wildman–Crippen MR) is 149 cm³/mol. The van der Waals surface area contributed by atoms with Crippen molar-refractivity contribution in [1.82, 2.24) is 33.9 Å². The molecule has 2 fully saturated rings. The quantitative estimate of drug-likeness (QED) is 0.426. The molecule has 0 bridgehead atoms. The van der Waals surface area contributed by atoms with Gasteiger partial charge in [-0.2, -0.15) is 0 Å². The van der Waals surface area contributed by atoms with E-state index in [0.717, 1.165) is 4.57 Å². The van der Waals surface area contributed by atoms with Crippen molar-refractivity contribution in [2.24, 2.45) is 0 Å². The molecule has 224 valence electrons. The van der Waals surface area contributed by atoms with E-state index < -0.39 is 32.7 Å². The molecule has 2 amide bonds. The van der Waals surface area contributed by atoms with Gasteiger partial charge < -0.3 is 19.4 Å². The van der Waals surface area contributed by atoms with Gasteiger partial charge in [-0.1, -0.05) is 11.3 Å². The number of amides is 2. The molecular formula is C24H32F2N8O5S2. The topological polar surface area (TPSA) is 135 Å². The average molecular weight is 615 g/mol. The van der Waals surface area contributed by atoms with E-state index in [4.69, 9.17) is 4.74 Å². The molecule has 0 spiro atoms. The monoisotopic (exact) mass is 614 g/mol. The second kappa shape index (κ2) is 10.6. The number of sulfonamides is 1. The minimum Gasteiger partial charge on any atom is -0.377 e. The van der Waals surface area contributed by atoms with Gasteiger partial charge in [0.25, 0.3) is 6.43 Å². The Morgan fingerprint density at radius 1 is 1.27 bits per heavy atom. The third-order valence-electron chi connectivity index (χ3n) is 7.23. The van der Waals surface area contributed by atoms with Crippen LogP contribution in [0.4, 0.5) is 19.3 Å². The van der Waals surface area contributed by atoms with Gasteiger partial charge in [0.15, 0.2) is 5.01 Å². The van der Waals surface area contributed by atoms with Crippen LogP contribution >= 0.6 is 11.3 Å². The number of piperazine rings is 1. The van der Waals surface area contributed by atoms with E-state index in [9.17, 15) is 26.8 Å². The van der Waals surface area contributed by atoms with Gasteiger partial charge in [-0.15, -0.1) is 10.2 Å². The van der Waals surface area contributed by atoms with E-state index >= 15 is 0 Å². The summed E-state index contributed by atoms with van der Waals surface area (Å²) in [6.45, 7) is 7.15. The number of hydrogen-bond acceptors (Lipinski definition) is 9. The smallest absolute Gasteiger partial charge is 0.335 e. The number of aryl methyl sites for hydroxylation is 1. The maximum Gasteiger partial charge on any atom is 0.335 e. The van der Waals surface area contributed by atoms with E-state index in [0.29, 0.717) is 42.2 Å². The Labute approximate surface area is 239 Å². The van der Waals surface area contributed by atoms with Crippen LogP contribution in [0, 0.1) is 0 Å². The molecule has 1 atom stereocenters. The molecule has 2 aliphatic rings. The Kier molecular flexibility index (Phi) is 7.59. The van der Waals surface area contributed by atoms with Gasteiger partial charge in [-0.05, 0) is 32.9 Å². The number of alkyl halides is 2. The van der Waals surface area contributed by atoms with Crippen molar-refractivity contribution < 1.29 is 26.7 Å². The largest absolute Gasteiger partial charge is 0.377 e. The number of carbonyl (C=O) groups excluding carboxylic acids is 1. The summed E-state index contributed by atoms with van der Waals surface area (Å²) in [4.78, 5) is 31.4. The molecule has 4 heterocycles. The highest BCUT2D eigenvalue weighted by molar-refractivity contribution is 7.89. The average Bonchev–Trinajstić information content (AvgIpc) is 3.48. The number of nitrogens with zero attached hydrogens (tertiary/aromatic N) is 7. The fraction of sp³-hybridized carbons (Fsp3) is 0.583. The molecule has 13 nitrogen and oxygen atoms in total. The molecule has 1 aromatic carbocycles. The van der Waals surface area contributed by atoms with Gasteiger partial charge in [0.05, 0.1) is 40.4 Å². The van der Waals surface area contributed by atoms with Gasteiger partial charge in [0.1, 0.15) is 0 Å². The van der Waals surface area contributed by atoms with Crippen LogP contribution < -0.4 is 15.3 Å². The second-order valence-electron chi connectivity index (χ2n) is 10.7. The first kappa shape index (κ1) is 29.3. The molecule has 41 heavy (non-hydrogen) atoms. The molecule has 5 rings (SSSR count). The molecular weight excluding hydrogens is 582 g/mol. The molecule has 2 saturated heterocycles. The third kappa shape index (κ3) is 5.19. The molecule has 17 heteroatoms. The van der Waals surface area contributed by atoms with E-state index in [1.54, 1.807) is 32.8 Å². The van der Waals surface area contributed by atoms with E-state index in [-0.39, 0.29) is 47.4 Å². The highest BCUT2D eigenvalue weighted by atomic mass is 32.2. The first-order valence-electron chi connectivity index (χ1n) is 13.0. The van der Waals surface area contributed by atoms with Crippen LogP contribution in [0.3, 0.4) is 0 Å². The summed E-state index contributed by atoms with van der Waals surface area (Å²) in [7, 11) is -0.751.